The van der Waals surface area contributed by atoms with E-state index in [0.717, 1.165) is 0 Å². The number of rotatable bonds is 4. The molecule has 1 aliphatic heterocycles. The van der Waals surface area contributed by atoms with Crippen LogP contribution in [0.25, 0.3) is 0 Å². The number of hydrogen-bond acceptors (Lipinski definition) is 3. The zero-order chi connectivity index (χ0) is 12.5. The third kappa shape index (κ3) is 2.49. The van der Waals surface area contributed by atoms with Gasteiger partial charge >= 0.3 is 0 Å². The van der Waals surface area contributed by atoms with Crippen LogP contribution in [0.2, 0.25) is 0 Å². The minimum atomic E-state index is -0.679. The third-order valence-corrected chi connectivity index (χ3v) is 3.47. The highest BCUT2D eigenvalue weighted by molar-refractivity contribution is 5.77. The maximum atomic E-state index is 11.8. The van der Waals surface area contributed by atoms with Gasteiger partial charge in [0.2, 0.25) is 5.91 Å². The van der Waals surface area contributed by atoms with Crippen LogP contribution in [0, 0.1) is 5.92 Å². The van der Waals surface area contributed by atoms with Crippen LogP contribution >= 0.6 is 0 Å². The smallest absolute Gasteiger partial charge is 0.224 e. The summed E-state index contributed by atoms with van der Waals surface area (Å²) in [4.78, 5) is 13.5. The van der Waals surface area contributed by atoms with Crippen molar-refractivity contribution in [2.24, 2.45) is 5.92 Å². The van der Waals surface area contributed by atoms with Crippen molar-refractivity contribution < 1.29 is 9.90 Å². The summed E-state index contributed by atoms with van der Waals surface area (Å²) in [5.41, 5.74) is -0.679. The molecule has 1 aliphatic rings. The van der Waals surface area contributed by atoms with Crippen LogP contribution < -0.4 is 0 Å². The lowest BCUT2D eigenvalue weighted by atomic mass is 9.83. The molecule has 1 saturated heterocycles. The molecule has 17 heavy (non-hydrogen) atoms. The van der Waals surface area contributed by atoms with Gasteiger partial charge in [-0.25, -0.2) is 0 Å². The first-order chi connectivity index (χ1) is 8.01. The molecule has 1 amide bonds. The van der Waals surface area contributed by atoms with Crippen LogP contribution in [0.5, 0.6) is 0 Å². The van der Waals surface area contributed by atoms with Gasteiger partial charge in [-0.15, -0.1) is 0 Å². The molecular weight excluding hydrogens is 218 g/mol. The van der Waals surface area contributed by atoms with Crippen LogP contribution in [0.15, 0.2) is 18.5 Å². The third-order valence-electron chi connectivity index (χ3n) is 3.47. The molecule has 2 rings (SSSR count). The van der Waals surface area contributed by atoms with Gasteiger partial charge in [-0.1, -0.05) is 13.8 Å². The highest BCUT2D eigenvalue weighted by Crippen LogP contribution is 2.28. The van der Waals surface area contributed by atoms with Gasteiger partial charge in [-0.2, -0.15) is 5.10 Å². The summed E-state index contributed by atoms with van der Waals surface area (Å²) in [6.07, 6.45) is 3.98. The van der Waals surface area contributed by atoms with Crippen molar-refractivity contribution in [3.63, 3.8) is 0 Å². The summed E-state index contributed by atoms with van der Waals surface area (Å²) in [7, 11) is 0. The van der Waals surface area contributed by atoms with E-state index in [4.69, 9.17) is 0 Å². The Labute approximate surface area is 101 Å². The number of amides is 1. The van der Waals surface area contributed by atoms with Gasteiger partial charge < -0.3 is 10.0 Å². The van der Waals surface area contributed by atoms with Gasteiger partial charge in [0.15, 0.2) is 0 Å². The molecule has 0 spiro atoms. The molecular formula is C12H19N3O2. The van der Waals surface area contributed by atoms with Crippen molar-refractivity contribution >= 4 is 5.91 Å². The van der Waals surface area contributed by atoms with Gasteiger partial charge in [0.25, 0.3) is 0 Å². The standard InChI is InChI=1S/C12H19N3O2/c1-10(2)12(17)8-14(9-12)11(16)4-7-15-6-3-5-13-15/h3,5-6,10,17H,4,7-9H2,1-2H3. The van der Waals surface area contributed by atoms with Crippen LogP contribution in [0.3, 0.4) is 0 Å². The molecule has 0 aliphatic carbocycles. The molecule has 5 heteroatoms. The lowest BCUT2D eigenvalue weighted by molar-refractivity contribution is -0.164. The van der Waals surface area contributed by atoms with Crippen molar-refractivity contribution in [1.82, 2.24) is 14.7 Å². The number of carbonyl (C=O) groups is 1. The van der Waals surface area contributed by atoms with E-state index in [2.05, 4.69) is 5.10 Å². The van der Waals surface area contributed by atoms with E-state index in [-0.39, 0.29) is 11.8 Å². The minimum Gasteiger partial charge on any atom is -0.386 e. The van der Waals surface area contributed by atoms with Crippen molar-refractivity contribution in [2.45, 2.75) is 32.4 Å². The molecule has 2 heterocycles. The van der Waals surface area contributed by atoms with Crippen molar-refractivity contribution in [3.05, 3.63) is 18.5 Å². The quantitative estimate of drug-likeness (QED) is 0.829. The second kappa shape index (κ2) is 4.49. The Morgan fingerprint density at radius 3 is 2.76 bits per heavy atom. The number of aromatic nitrogens is 2. The fourth-order valence-electron chi connectivity index (χ4n) is 1.96. The minimum absolute atomic E-state index is 0.0887. The molecule has 0 radical (unpaired) electrons. The number of likely N-dealkylation sites (tertiary alicyclic amines) is 1. The van der Waals surface area contributed by atoms with E-state index in [1.54, 1.807) is 15.8 Å². The van der Waals surface area contributed by atoms with Crippen molar-refractivity contribution in [2.75, 3.05) is 13.1 Å². The average molecular weight is 237 g/mol. The zero-order valence-corrected chi connectivity index (χ0v) is 10.3. The van der Waals surface area contributed by atoms with Crippen LogP contribution in [-0.2, 0) is 11.3 Å². The van der Waals surface area contributed by atoms with Crippen LogP contribution in [0.4, 0.5) is 0 Å². The molecule has 5 nitrogen and oxygen atoms in total. The number of hydrogen-bond donors (Lipinski definition) is 1. The molecule has 0 saturated carbocycles. The number of nitrogens with zero attached hydrogens (tertiary/aromatic N) is 3. The Morgan fingerprint density at radius 1 is 1.53 bits per heavy atom. The fraction of sp³-hybridized carbons (Fsp3) is 0.667. The topological polar surface area (TPSA) is 58.4 Å². The van der Waals surface area contributed by atoms with E-state index in [9.17, 15) is 9.90 Å². The Morgan fingerprint density at radius 2 is 2.24 bits per heavy atom. The molecule has 0 unspecified atom stereocenters. The van der Waals surface area contributed by atoms with E-state index in [1.165, 1.54) is 0 Å². The van der Waals surface area contributed by atoms with Gasteiger partial charge in [-0.3, -0.25) is 9.48 Å². The molecule has 0 bridgehead atoms. The number of aliphatic hydroxyl groups is 1. The lowest BCUT2D eigenvalue weighted by Gasteiger charge is -2.49. The summed E-state index contributed by atoms with van der Waals surface area (Å²) >= 11 is 0. The largest absolute Gasteiger partial charge is 0.386 e. The summed E-state index contributed by atoms with van der Waals surface area (Å²) in [6.45, 7) is 5.48. The Balaban J connectivity index is 1.76. The normalized spacial score (nSPS) is 18.2. The molecule has 0 aromatic carbocycles. The van der Waals surface area contributed by atoms with Crippen molar-refractivity contribution in [1.29, 1.82) is 0 Å². The highest BCUT2D eigenvalue weighted by atomic mass is 16.3. The van der Waals surface area contributed by atoms with Crippen LogP contribution in [-0.4, -0.2) is 44.4 Å². The summed E-state index contributed by atoms with van der Waals surface area (Å²) in [5, 5.41) is 14.1. The summed E-state index contributed by atoms with van der Waals surface area (Å²) in [6, 6.07) is 1.84. The lowest BCUT2D eigenvalue weighted by Crippen LogP contribution is -2.66. The van der Waals surface area contributed by atoms with Gasteiger partial charge in [0.05, 0.1) is 13.1 Å². The van der Waals surface area contributed by atoms with Gasteiger partial charge in [0, 0.05) is 25.4 Å². The number of carbonyl (C=O) groups excluding carboxylic acids is 1. The SMILES string of the molecule is CC(C)C1(O)CN(C(=O)CCn2cccn2)C1. The van der Waals surface area contributed by atoms with E-state index >= 15 is 0 Å². The monoisotopic (exact) mass is 237 g/mol. The first-order valence-corrected chi connectivity index (χ1v) is 5.99. The first kappa shape index (κ1) is 12.1. The maximum absolute atomic E-state index is 11.8. The summed E-state index contributed by atoms with van der Waals surface area (Å²) in [5.74, 6) is 0.281. The first-order valence-electron chi connectivity index (χ1n) is 5.99. The highest BCUT2D eigenvalue weighted by Gasteiger charge is 2.45. The predicted octanol–water partition coefficient (Wildman–Crippen LogP) is 0.502. The zero-order valence-electron chi connectivity index (χ0n) is 10.3. The molecule has 0 atom stereocenters. The Bertz CT molecular complexity index is 380. The predicted molar refractivity (Wildman–Crippen MR) is 63.2 cm³/mol. The Hall–Kier alpha value is -1.36. The van der Waals surface area contributed by atoms with E-state index in [0.29, 0.717) is 26.1 Å². The van der Waals surface area contributed by atoms with Gasteiger partial charge in [0.1, 0.15) is 5.60 Å². The van der Waals surface area contributed by atoms with Crippen molar-refractivity contribution in [3.8, 4) is 0 Å². The summed E-state index contributed by atoms with van der Waals surface area (Å²) < 4.78 is 1.74. The molecule has 1 aromatic heterocycles. The fourth-order valence-corrected chi connectivity index (χ4v) is 1.96. The number of β-amino-alcohol motifs (C(OH)–C–C–N with tert-alkyl or cyclic N) is 1. The molecule has 1 N–H and O–H groups in total. The molecule has 94 valence electrons. The number of aryl methyl sites for hydroxylation is 1. The molecule has 1 aromatic rings. The second-order valence-corrected chi connectivity index (χ2v) is 5.03. The van der Waals surface area contributed by atoms with Crippen LogP contribution in [0.1, 0.15) is 20.3 Å². The molecule has 1 fully saturated rings. The van der Waals surface area contributed by atoms with E-state index < -0.39 is 5.60 Å². The van der Waals surface area contributed by atoms with E-state index in [1.807, 2.05) is 26.1 Å². The maximum Gasteiger partial charge on any atom is 0.224 e. The Kier molecular flexibility index (Phi) is 3.19. The average Bonchev–Trinajstić information content (AvgIpc) is 2.73. The van der Waals surface area contributed by atoms with Gasteiger partial charge in [-0.05, 0) is 12.0 Å². The second-order valence-electron chi connectivity index (χ2n) is 5.03.